The number of methoxy groups -OCH3 is 2. The van der Waals surface area contributed by atoms with Gasteiger partial charge in [0.15, 0.2) is 0 Å². The largest absolute Gasteiger partial charge is 0.467 e. The topological polar surface area (TPSA) is 69.2 Å². The van der Waals surface area contributed by atoms with Crippen LogP contribution in [-0.4, -0.2) is 35.2 Å². The third-order valence-electron chi connectivity index (χ3n) is 2.90. The number of nitrogens with one attached hydrogen (secondary N) is 1. The van der Waals surface area contributed by atoms with Crippen LogP contribution in [0.15, 0.2) is 0 Å². The molecular formula is C11H18N4O2. The van der Waals surface area contributed by atoms with Crippen molar-refractivity contribution in [3.63, 3.8) is 0 Å². The van der Waals surface area contributed by atoms with Crippen molar-refractivity contribution in [2.75, 3.05) is 19.5 Å². The average molecular weight is 238 g/mol. The fourth-order valence-electron chi connectivity index (χ4n) is 2.01. The number of hydrogen-bond donors (Lipinski definition) is 1. The number of hydrogen-bond acceptors (Lipinski definition) is 6. The molecule has 94 valence electrons. The van der Waals surface area contributed by atoms with Crippen molar-refractivity contribution >= 4 is 5.95 Å². The minimum absolute atomic E-state index is 0.273. The van der Waals surface area contributed by atoms with Crippen LogP contribution in [0.25, 0.3) is 0 Å². The zero-order valence-electron chi connectivity index (χ0n) is 10.3. The minimum atomic E-state index is 0.273. The third-order valence-corrected chi connectivity index (χ3v) is 2.90. The second kappa shape index (κ2) is 5.65. The third kappa shape index (κ3) is 3.18. The van der Waals surface area contributed by atoms with E-state index in [1.807, 2.05) is 0 Å². The predicted octanol–water partition coefficient (Wildman–Crippen LogP) is 1.63. The Bertz CT molecular complexity index is 344. The van der Waals surface area contributed by atoms with Gasteiger partial charge in [-0.3, -0.25) is 0 Å². The van der Waals surface area contributed by atoms with E-state index in [4.69, 9.17) is 9.47 Å². The van der Waals surface area contributed by atoms with Gasteiger partial charge in [0, 0.05) is 6.04 Å². The van der Waals surface area contributed by atoms with Gasteiger partial charge in [0.25, 0.3) is 0 Å². The molecule has 0 aromatic carbocycles. The molecule has 1 N–H and O–H groups in total. The molecule has 6 heteroatoms. The Balaban J connectivity index is 2.07. The standard InChI is InChI=1S/C11H18N4O2/c1-16-10-13-9(14-11(15-10)17-2)12-8-6-4-3-5-7-8/h8H,3-7H2,1-2H3,(H,12,13,14,15). The molecule has 0 atom stereocenters. The molecule has 1 aromatic heterocycles. The summed E-state index contributed by atoms with van der Waals surface area (Å²) in [7, 11) is 3.05. The van der Waals surface area contributed by atoms with E-state index in [-0.39, 0.29) is 12.0 Å². The molecule has 0 saturated heterocycles. The quantitative estimate of drug-likeness (QED) is 0.859. The normalized spacial score (nSPS) is 16.6. The summed E-state index contributed by atoms with van der Waals surface area (Å²) in [6, 6.07) is 0.992. The second-order valence-corrected chi connectivity index (χ2v) is 4.11. The van der Waals surface area contributed by atoms with Crippen molar-refractivity contribution in [1.82, 2.24) is 15.0 Å². The first kappa shape index (κ1) is 11.9. The van der Waals surface area contributed by atoms with Crippen LogP contribution in [-0.2, 0) is 0 Å². The maximum absolute atomic E-state index is 5.00. The molecule has 0 bridgehead atoms. The summed E-state index contributed by atoms with van der Waals surface area (Å²) in [5.74, 6) is 0.528. The number of nitrogens with zero attached hydrogens (tertiary/aromatic N) is 3. The van der Waals surface area contributed by atoms with E-state index in [2.05, 4.69) is 20.3 Å². The fraction of sp³-hybridized carbons (Fsp3) is 0.727. The van der Waals surface area contributed by atoms with Crippen molar-refractivity contribution in [2.45, 2.75) is 38.1 Å². The summed E-state index contributed by atoms with van der Waals surface area (Å²) in [5.41, 5.74) is 0. The molecule has 0 radical (unpaired) electrons. The maximum atomic E-state index is 5.00. The van der Waals surface area contributed by atoms with Gasteiger partial charge >= 0.3 is 12.0 Å². The highest BCUT2D eigenvalue weighted by Gasteiger charge is 2.15. The van der Waals surface area contributed by atoms with E-state index in [9.17, 15) is 0 Å². The predicted molar refractivity (Wildman–Crippen MR) is 63.4 cm³/mol. The van der Waals surface area contributed by atoms with Crippen molar-refractivity contribution in [1.29, 1.82) is 0 Å². The van der Waals surface area contributed by atoms with Crippen LogP contribution in [0.4, 0.5) is 5.95 Å². The Labute approximate surface area is 101 Å². The lowest BCUT2D eigenvalue weighted by Gasteiger charge is -2.22. The SMILES string of the molecule is COc1nc(NC2CCCCC2)nc(OC)n1. The molecule has 2 rings (SSSR count). The molecule has 1 aromatic rings. The van der Waals surface area contributed by atoms with Crippen molar-refractivity contribution < 1.29 is 9.47 Å². The van der Waals surface area contributed by atoms with E-state index in [1.54, 1.807) is 0 Å². The number of rotatable bonds is 4. The van der Waals surface area contributed by atoms with Gasteiger partial charge in [0.05, 0.1) is 14.2 Å². The molecule has 1 heterocycles. The van der Waals surface area contributed by atoms with Gasteiger partial charge in [-0.05, 0) is 12.8 Å². The molecule has 0 spiro atoms. The Hall–Kier alpha value is -1.59. The van der Waals surface area contributed by atoms with Crippen LogP contribution in [0.5, 0.6) is 12.0 Å². The van der Waals surface area contributed by atoms with E-state index in [0.717, 1.165) is 12.8 Å². The molecule has 0 unspecified atom stereocenters. The van der Waals surface area contributed by atoms with E-state index in [1.165, 1.54) is 33.5 Å². The van der Waals surface area contributed by atoms with Gasteiger partial charge in [-0.2, -0.15) is 9.97 Å². The Morgan fingerprint density at radius 1 is 0.941 bits per heavy atom. The molecule has 1 fully saturated rings. The summed E-state index contributed by atoms with van der Waals surface area (Å²) in [4.78, 5) is 12.3. The van der Waals surface area contributed by atoms with E-state index >= 15 is 0 Å². The number of aromatic nitrogens is 3. The highest BCUT2D eigenvalue weighted by molar-refractivity contribution is 5.29. The number of ether oxygens (including phenoxy) is 2. The summed E-state index contributed by atoms with van der Waals surface area (Å²) in [6.45, 7) is 0. The highest BCUT2D eigenvalue weighted by atomic mass is 16.5. The summed E-state index contributed by atoms with van der Waals surface area (Å²) in [5, 5.41) is 3.31. The van der Waals surface area contributed by atoms with Gasteiger partial charge in [-0.1, -0.05) is 19.3 Å². The first-order chi connectivity index (χ1) is 8.31. The van der Waals surface area contributed by atoms with Gasteiger partial charge < -0.3 is 14.8 Å². The summed E-state index contributed by atoms with van der Waals surface area (Å²) in [6.07, 6.45) is 6.17. The smallest absolute Gasteiger partial charge is 0.324 e. The highest BCUT2D eigenvalue weighted by Crippen LogP contribution is 2.21. The Kier molecular flexibility index (Phi) is 3.95. The maximum Gasteiger partial charge on any atom is 0.324 e. The van der Waals surface area contributed by atoms with Gasteiger partial charge in [-0.15, -0.1) is 4.98 Å². The van der Waals surface area contributed by atoms with E-state index in [0.29, 0.717) is 12.0 Å². The summed E-state index contributed by atoms with van der Waals surface area (Å²) >= 11 is 0. The Morgan fingerprint density at radius 2 is 1.53 bits per heavy atom. The number of anilines is 1. The van der Waals surface area contributed by atoms with Crippen molar-refractivity contribution in [2.24, 2.45) is 0 Å². The Morgan fingerprint density at radius 3 is 2.06 bits per heavy atom. The lowest BCUT2D eigenvalue weighted by Crippen LogP contribution is -2.23. The van der Waals surface area contributed by atoms with Crippen molar-refractivity contribution in [3.8, 4) is 12.0 Å². The average Bonchev–Trinajstić information content (AvgIpc) is 2.39. The van der Waals surface area contributed by atoms with Gasteiger partial charge in [0.1, 0.15) is 0 Å². The van der Waals surface area contributed by atoms with Crippen molar-refractivity contribution in [3.05, 3.63) is 0 Å². The molecule has 1 aliphatic rings. The van der Waals surface area contributed by atoms with Crippen LogP contribution in [0, 0.1) is 0 Å². The van der Waals surface area contributed by atoms with Gasteiger partial charge in [-0.25, -0.2) is 0 Å². The first-order valence-electron chi connectivity index (χ1n) is 5.92. The van der Waals surface area contributed by atoms with E-state index < -0.39 is 0 Å². The van der Waals surface area contributed by atoms with Crippen LogP contribution < -0.4 is 14.8 Å². The second-order valence-electron chi connectivity index (χ2n) is 4.11. The van der Waals surface area contributed by atoms with Crippen LogP contribution in [0.2, 0.25) is 0 Å². The molecule has 1 aliphatic carbocycles. The molecule has 6 nitrogen and oxygen atoms in total. The molecular weight excluding hydrogens is 220 g/mol. The summed E-state index contributed by atoms with van der Waals surface area (Å²) < 4.78 is 10.0. The molecule has 0 aliphatic heterocycles. The molecule has 0 amide bonds. The molecule has 1 saturated carbocycles. The lowest BCUT2D eigenvalue weighted by atomic mass is 9.96. The molecule has 17 heavy (non-hydrogen) atoms. The van der Waals surface area contributed by atoms with Crippen LogP contribution in [0.1, 0.15) is 32.1 Å². The monoisotopic (exact) mass is 238 g/mol. The van der Waals surface area contributed by atoms with Crippen LogP contribution in [0.3, 0.4) is 0 Å². The van der Waals surface area contributed by atoms with Crippen LogP contribution >= 0.6 is 0 Å². The zero-order valence-corrected chi connectivity index (χ0v) is 10.3. The lowest BCUT2D eigenvalue weighted by molar-refractivity contribution is 0.340. The first-order valence-corrected chi connectivity index (χ1v) is 5.92. The fourth-order valence-corrected chi connectivity index (χ4v) is 2.01. The zero-order chi connectivity index (χ0) is 12.1. The van der Waals surface area contributed by atoms with Gasteiger partial charge in [0.2, 0.25) is 5.95 Å². The minimum Gasteiger partial charge on any atom is -0.467 e.